The fourth-order valence-corrected chi connectivity index (χ4v) is 3.31. The van der Waals surface area contributed by atoms with Gasteiger partial charge in [0.25, 0.3) is 0 Å². The first-order valence-corrected chi connectivity index (χ1v) is 7.74. The van der Waals surface area contributed by atoms with E-state index in [4.69, 9.17) is 0 Å². The Balaban J connectivity index is 1.46. The zero-order valence-corrected chi connectivity index (χ0v) is 12.0. The average molecular weight is 273 g/mol. The lowest BCUT2D eigenvalue weighted by Crippen LogP contribution is -2.37. The van der Waals surface area contributed by atoms with Crippen LogP contribution in [-0.4, -0.2) is 52.9 Å². The third-order valence-electron chi connectivity index (χ3n) is 4.49. The molecule has 2 aliphatic heterocycles. The van der Waals surface area contributed by atoms with Crippen molar-refractivity contribution in [3.05, 3.63) is 30.1 Å². The number of nitrogens with zero attached hydrogens (tertiary/aromatic N) is 3. The number of hydrogen-bond donors (Lipinski definition) is 0. The van der Waals surface area contributed by atoms with Crippen molar-refractivity contribution in [1.29, 1.82) is 0 Å². The number of amides is 1. The van der Waals surface area contributed by atoms with Crippen LogP contribution >= 0.6 is 0 Å². The van der Waals surface area contributed by atoms with E-state index in [9.17, 15) is 4.79 Å². The smallest absolute Gasteiger partial charge is 0.223 e. The molecule has 0 radical (unpaired) electrons. The van der Waals surface area contributed by atoms with Gasteiger partial charge in [-0.2, -0.15) is 0 Å². The third kappa shape index (κ3) is 3.18. The van der Waals surface area contributed by atoms with Gasteiger partial charge in [0, 0.05) is 37.4 Å². The van der Waals surface area contributed by atoms with E-state index in [2.05, 4.69) is 9.88 Å². The third-order valence-corrected chi connectivity index (χ3v) is 4.49. The molecule has 0 aromatic carbocycles. The van der Waals surface area contributed by atoms with Gasteiger partial charge in [-0.15, -0.1) is 0 Å². The number of pyridine rings is 1. The van der Waals surface area contributed by atoms with Crippen molar-refractivity contribution >= 4 is 5.91 Å². The van der Waals surface area contributed by atoms with Crippen LogP contribution in [0.5, 0.6) is 0 Å². The van der Waals surface area contributed by atoms with Crippen molar-refractivity contribution in [1.82, 2.24) is 14.8 Å². The van der Waals surface area contributed by atoms with Gasteiger partial charge < -0.3 is 4.90 Å². The molecule has 0 N–H and O–H groups in total. The second kappa shape index (κ2) is 6.35. The lowest BCUT2D eigenvalue weighted by Gasteiger charge is -2.23. The van der Waals surface area contributed by atoms with Gasteiger partial charge in [-0.25, -0.2) is 0 Å². The maximum atomic E-state index is 12.3. The van der Waals surface area contributed by atoms with Crippen LogP contribution in [0.15, 0.2) is 24.4 Å². The van der Waals surface area contributed by atoms with Gasteiger partial charge in [0.2, 0.25) is 5.91 Å². The Labute approximate surface area is 120 Å². The van der Waals surface area contributed by atoms with E-state index < -0.39 is 0 Å². The number of carbonyl (C=O) groups is 1. The van der Waals surface area contributed by atoms with Crippen molar-refractivity contribution in [3.63, 3.8) is 0 Å². The predicted octanol–water partition coefficient (Wildman–Crippen LogP) is 1.71. The van der Waals surface area contributed by atoms with E-state index in [0.29, 0.717) is 12.5 Å². The fraction of sp³-hybridized carbons (Fsp3) is 0.625. The molecule has 4 nitrogen and oxygen atoms in total. The molecule has 2 saturated heterocycles. The normalized spacial score (nSPS) is 23.4. The molecule has 1 amide bonds. The lowest BCUT2D eigenvalue weighted by molar-refractivity contribution is -0.130. The minimum Gasteiger partial charge on any atom is -0.341 e. The maximum absolute atomic E-state index is 12.3. The summed E-state index contributed by atoms with van der Waals surface area (Å²) in [7, 11) is 0. The van der Waals surface area contributed by atoms with Crippen LogP contribution in [0.3, 0.4) is 0 Å². The van der Waals surface area contributed by atoms with Crippen molar-refractivity contribution in [2.75, 3.05) is 26.2 Å². The molecule has 0 aliphatic carbocycles. The van der Waals surface area contributed by atoms with Crippen LogP contribution in [-0.2, 0) is 11.2 Å². The molecule has 0 saturated carbocycles. The Bertz CT molecular complexity index is 442. The van der Waals surface area contributed by atoms with Crippen molar-refractivity contribution in [2.24, 2.45) is 0 Å². The molecule has 3 heterocycles. The quantitative estimate of drug-likeness (QED) is 0.838. The zero-order chi connectivity index (χ0) is 13.8. The molecule has 2 aliphatic rings. The Hall–Kier alpha value is -1.42. The summed E-state index contributed by atoms with van der Waals surface area (Å²) in [6.45, 7) is 4.31. The number of rotatable bonds is 4. The Morgan fingerprint density at radius 1 is 1.25 bits per heavy atom. The highest BCUT2D eigenvalue weighted by molar-refractivity contribution is 5.76. The summed E-state index contributed by atoms with van der Waals surface area (Å²) in [5, 5.41) is 0. The summed E-state index contributed by atoms with van der Waals surface area (Å²) in [6.07, 6.45) is 6.93. The monoisotopic (exact) mass is 273 g/mol. The van der Waals surface area contributed by atoms with Crippen LogP contribution in [0.2, 0.25) is 0 Å². The number of hydrogen-bond acceptors (Lipinski definition) is 3. The Kier molecular flexibility index (Phi) is 4.31. The molecule has 4 heteroatoms. The summed E-state index contributed by atoms with van der Waals surface area (Å²) in [5.41, 5.74) is 1.01. The van der Waals surface area contributed by atoms with Gasteiger partial charge in [-0.3, -0.25) is 14.7 Å². The average Bonchev–Trinajstić information content (AvgIpc) is 3.16. The first kappa shape index (κ1) is 13.6. The summed E-state index contributed by atoms with van der Waals surface area (Å²) < 4.78 is 0. The highest BCUT2D eigenvalue weighted by Gasteiger charge is 2.31. The highest BCUT2D eigenvalue weighted by atomic mass is 16.2. The zero-order valence-electron chi connectivity index (χ0n) is 12.0. The molecule has 1 atom stereocenters. The van der Waals surface area contributed by atoms with E-state index in [-0.39, 0.29) is 5.91 Å². The highest BCUT2D eigenvalue weighted by Crippen LogP contribution is 2.21. The molecule has 0 spiro atoms. The summed E-state index contributed by atoms with van der Waals surface area (Å²) >= 11 is 0. The number of carbonyl (C=O) groups excluding carboxylic acids is 1. The van der Waals surface area contributed by atoms with E-state index in [1.165, 1.54) is 25.9 Å². The van der Waals surface area contributed by atoms with Gasteiger partial charge in [0.05, 0.1) is 0 Å². The van der Waals surface area contributed by atoms with Crippen molar-refractivity contribution in [2.45, 2.75) is 38.1 Å². The van der Waals surface area contributed by atoms with E-state index >= 15 is 0 Å². The van der Waals surface area contributed by atoms with Gasteiger partial charge in [-0.1, -0.05) is 6.07 Å². The molecule has 20 heavy (non-hydrogen) atoms. The summed E-state index contributed by atoms with van der Waals surface area (Å²) in [4.78, 5) is 21.1. The topological polar surface area (TPSA) is 36.4 Å². The van der Waals surface area contributed by atoms with Crippen LogP contribution in [0.4, 0.5) is 0 Å². The lowest BCUT2D eigenvalue weighted by atomic mass is 10.2. The fourth-order valence-electron chi connectivity index (χ4n) is 3.31. The summed E-state index contributed by atoms with van der Waals surface area (Å²) in [6, 6.07) is 6.49. The minimum absolute atomic E-state index is 0.289. The van der Waals surface area contributed by atoms with E-state index in [1.807, 2.05) is 23.1 Å². The minimum atomic E-state index is 0.289. The van der Waals surface area contributed by atoms with Crippen LogP contribution in [0, 0.1) is 0 Å². The largest absolute Gasteiger partial charge is 0.341 e. The standard InChI is InChI=1S/C16H23N3O/c20-16(7-6-14-5-1-2-9-17-14)19-12-8-15(13-19)18-10-3-4-11-18/h1-2,5,9,15H,3-4,6-8,10-13H2. The van der Waals surface area contributed by atoms with Crippen LogP contribution in [0.25, 0.3) is 0 Å². The molecule has 1 unspecified atom stereocenters. The Morgan fingerprint density at radius 3 is 2.85 bits per heavy atom. The second-order valence-electron chi connectivity index (χ2n) is 5.85. The predicted molar refractivity (Wildman–Crippen MR) is 78.4 cm³/mol. The second-order valence-corrected chi connectivity index (χ2v) is 5.85. The molecule has 1 aromatic rings. The molecular weight excluding hydrogens is 250 g/mol. The first-order chi connectivity index (χ1) is 9.83. The SMILES string of the molecule is O=C(CCc1ccccn1)N1CCC(N2CCCC2)C1. The molecule has 3 rings (SSSR count). The molecule has 2 fully saturated rings. The van der Waals surface area contributed by atoms with Gasteiger partial charge in [0.15, 0.2) is 0 Å². The van der Waals surface area contributed by atoms with Gasteiger partial charge >= 0.3 is 0 Å². The maximum Gasteiger partial charge on any atom is 0.223 e. The first-order valence-electron chi connectivity index (χ1n) is 7.74. The van der Waals surface area contributed by atoms with Crippen LogP contribution < -0.4 is 0 Å². The van der Waals surface area contributed by atoms with Gasteiger partial charge in [-0.05, 0) is 50.9 Å². The summed E-state index contributed by atoms with van der Waals surface area (Å²) in [5.74, 6) is 0.289. The van der Waals surface area contributed by atoms with Crippen LogP contribution in [0.1, 0.15) is 31.4 Å². The van der Waals surface area contributed by atoms with Crippen molar-refractivity contribution < 1.29 is 4.79 Å². The Morgan fingerprint density at radius 2 is 2.10 bits per heavy atom. The van der Waals surface area contributed by atoms with E-state index in [1.54, 1.807) is 6.20 Å². The molecule has 0 bridgehead atoms. The number of likely N-dealkylation sites (tertiary alicyclic amines) is 2. The van der Waals surface area contributed by atoms with E-state index in [0.717, 1.165) is 31.6 Å². The molecule has 1 aromatic heterocycles. The van der Waals surface area contributed by atoms with Gasteiger partial charge in [0.1, 0.15) is 0 Å². The number of aromatic nitrogens is 1. The number of aryl methyl sites for hydroxylation is 1. The van der Waals surface area contributed by atoms with Crippen molar-refractivity contribution in [3.8, 4) is 0 Å². The molecule has 108 valence electrons. The molecular formula is C16H23N3O.